The molecule has 86 valence electrons. The minimum absolute atomic E-state index is 0.0490. The summed E-state index contributed by atoms with van der Waals surface area (Å²) in [6.07, 6.45) is 1.23. The van der Waals surface area contributed by atoms with E-state index in [1.165, 1.54) is 0 Å². The van der Waals surface area contributed by atoms with Gasteiger partial charge in [-0.15, -0.1) is 0 Å². The number of carbonyl (C=O) groups excluding carboxylic acids is 1. The molecule has 0 radical (unpaired) electrons. The van der Waals surface area contributed by atoms with Gasteiger partial charge in [0.2, 0.25) is 0 Å². The van der Waals surface area contributed by atoms with E-state index in [1.807, 2.05) is 6.92 Å². The Bertz CT molecular complexity index is 263. The zero-order valence-corrected chi connectivity index (χ0v) is 8.47. The van der Waals surface area contributed by atoms with Crippen molar-refractivity contribution in [3.8, 4) is 0 Å². The lowest BCUT2D eigenvalue weighted by atomic mass is 10.2. The number of ether oxygens (including phenoxy) is 1. The van der Waals surface area contributed by atoms with Crippen LogP contribution in [-0.2, 0) is 9.53 Å². The number of nitro groups is 2. The van der Waals surface area contributed by atoms with Gasteiger partial charge in [0.25, 0.3) is 0 Å². The van der Waals surface area contributed by atoms with Gasteiger partial charge in [-0.25, -0.2) is 4.79 Å². The van der Waals surface area contributed by atoms with E-state index in [2.05, 4.69) is 4.74 Å². The SMILES string of the molecule is CCCCOC(=O)C(C)([N+](=O)[O-])[N+](=O)[O-]. The van der Waals surface area contributed by atoms with Crippen LogP contribution in [0.1, 0.15) is 26.7 Å². The van der Waals surface area contributed by atoms with Gasteiger partial charge in [0.15, 0.2) is 0 Å². The van der Waals surface area contributed by atoms with Crippen molar-refractivity contribution in [1.29, 1.82) is 0 Å². The molecule has 0 amide bonds. The minimum Gasteiger partial charge on any atom is -0.455 e. The number of rotatable bonds is 6. The molecule has 0 fully saturated rings. The van der Waals surface area contributed by atoms with Gasteiger partial charge in [-0.3, -0.25) is 20.2 Å². The first kappa shape index (κ1) is 13.3. The summed E-state index contributed by atoms with van der Waals surface area (Å²) in [4.78, 5) is 29.4. The van der Waals surface area contributed by atoms with Gasteiger partial charge in [-0.2, -0.15) is 0 Å². The van der Waals surface area contributed by atoms with Crippen LogP contribution in [0.5, 0.6) is 0 Å². The Morgan fingerprint density at radius 3 is 2.13 bits per heavy atom. The predicted molar refractivity (Wildman–Crippen MR) is 48.3 cm³/mol. The zero-order valence-electron chi connectivity index (χ0n) is 8.47. The molecule has 8 heteroatoms. The van der Waals surface area contributed by atoms with E-state index in [4.69, 9.17) is 0 Å². The Kier molecular flexibility index (Phi) is 4.62. The first-order valence-corrected chi connectivity index (χ1v) is 4.33. The van der Waals surface area contributed by atoms with Crippen LogP contribution >= 0.6 is 0 Å². The molecule has 0 aromatic carbocycles. The number of nitrogens with zero attached hydrogens (tertiary/aromatic N) is 2. The van der Waals surface area contributed by atoms with E-state index in [-0.39, 0.29) is 6.61 Å². The van der Waals surface area contributed by atoms with Crippen LogP contribution in [0.15, 0.2) is 0 Å². The third kappa shape index (κ3) is 2.86. The van der Waals surface area contributed by atoms with Gasteiger partial charge in [0.05, 0.1) is 13.5 Å². The average Bonchev–Trinajstić information content (AvgIpc) is 2.15. The molecule has 0 saturated heterocycles. The molecule has 0 aliphatic carbocycles. The second-order valence-corrected chi connectivity index (χ2v) is 3.02. The van der Waals surface area contributed by atoms with Crippen molar-refractivity contribution in [2.75, 3.05) is 6.61 Å². The van der Waals surface area contributed by atoms with Gasteiger partial charge in [0.1, 0.15) is 9.85 Å². The zero-order chi connectivity index (χ0) is 12.1. The van der Waals surface area contributed by atoms with Gasteiger partial charge in [-0.1, -0.05) is 13.3 Å². The smallest absolute Gasteiger partial charge is 0.455 e. The van der Waals surface area contributed by atoms with Crippen molar-refractivity contribution in [1.82, 2.24) is 0 Å². The van der Waals surface area contributed by atoms with Crippen LogP contribution in [0.2, 0.25) is 0 Å². The summed E-state index contributed by atoms with van der Waals surface area (Å²) in [5, 5.41) is 20.8. The van der Waals surface area contributed by atoms with Crippen LogP contribution in [0.3, 0.4) is 0 Å². The Balaban J connectivity index is 4.58. The van der Waals surface area contributed by atoms with Gasteiger partial charge >= 0.3 is 11.6 Å². The van der Waals surface area contributed by atoms with E-state index in [9.17, 15) is 25.0 Å². The van der Waals surface area contributed by atoms with Crippen molar-refractivity contribution in [2.45, 2.75) is 32.4 Å². The predicted octanol–water partition coefficient (Wildman–Crippen LogP) is 0.599. The second kappa shape index (κ2) is 5.23. The van der Waals surface area contributed by atoms with Crippen LogP contribution in [-0.4, -0.2) is 28.1 Å². The lowest BCUT2D eigenvalue weighted by Crippen LogP contribution is -2.51. The molecule has 0 aromatic heterocycles. The average molecular weight is 220 g/mol. The van der Waals surface area contributed by atoms with Crippen molar-refractivity contribution in [2.24, 2.45) is 0 Å². The highest BCUT2D eigenvalue weighted by atomic mass is 16.7. The van der Waals surface area contributed by atoms with E-state index in [0.29, 0.717) is 13.3 Å². The Morgan fingerprint density at radius 1 is 1.33 bits per heavy atom. The lowest BCUT2D eigenvalue weighted by Gasteiger charge is -2.10. The molecule has 0 bridgehead atoms. The summed E-state index contributed by atoms with van der Waals surface area (Å²) in [5.74, 6) is -1.44. The fourth-order valence-electron chi connectivity index (χ4n) is 0.662. The van der Waals surface area contributed by atoms with E-state index in [1.54, 1.807) is 0 Å². The van der Waals surface area contributed by atoms with Crippen LogP contribution < -0.4 is 0 Å². The molecule has 0 aromatic rings. The van der Waals surface area contributed by atoms with Crippen molar-refractivity contribution in [3.05, 3.63) is 20.2 Å². The monoisotopic (exact) mass is 220 g/mol. The van der Waals surface area contributed by atoms with Crippen LogP contribution in [0.4, 0.5) is 0 Å². The molecule has 0 aliphatic rings. The van der Waals surface area contributed by atoms with Gasteiger partial charge in [-0.05, 0) is 6.42 Å². The maximum absolute atomic E-state index is 11.1. The van der Waals surface area contributed by atoms with E-state index in [0.717, 1.165) is 6.42 Å². The highest BCUT2D eigenvalue weighted by molar-refractivity contribution is 5.76. The number of unbranched alkanes of at least 4 members (excludes halogenated alkanes) is 1. The van der Waals surface area contributed by atoms with Crippen LogP contribution in [0.25, 0.3) is 0 Å². The van der Waals surface area contributed by atoms with E-state index >= 15 is 0 Å². The molecule has 0 atom stereocenters. The molecular weight excluding hydrogens is 208 g/mol. The van der Waals surface area contributed by atoms with Crippen molar-refractivity contribution >= 4 is 5.97 Å². The summed E-state index contributed by atoms with van der Waals surface area (Å²) >= 11 is 0. The fraction of sp³-hybridized carbons (Fsp3) is 0.857. The number of hydrogen-bond acceptors (Lipinski definition) is 6. The molecule has 0 unspecified atom stereocenters. The number of carbonyl (C=O) groups is 1. The lowest BCUT2D eigenvalue weighted by molar-refractivity contribution is -0.773. The highest BCUT2D eigenvalue weighted by Crippen LogP contribution is 2.12. The topological polar surface area (TPSA) is 113 Å². The van der Waals surface area contributed by atoms with Gasteiger partial charge in [0, 0.05) is 0 Å². The molecule has 0 saturated carbocycles. The quantitative estimate of drug-likeness (QED) is 0.213. The first-order chi connectivity index (χ1) is 6.87. The third-order valence-electron chi connectivity index (χ3n) is 1.83. The van der Waals surface area contributed by atoms with E-state index < -0.39 is 21.5 Å². The summed E-state index contributed by atoms with van der Waals surface area (Å²) in [6, 6.07) is 0. The maximum atomic E-state index is 11.1. The summed E-state index contributed by atoms with van der Waals surface area (Å²) in [7, 11) is 0. The second-order valence-electron chi connectivity index (χ2n) is 3.02. The normalized spacial score (nSPS) is 10.8. The molecule has 15 heavy (non-hydrogen) atoms. The van der Waals surface area contributed by atoms with Gasteiger partial charge < -0.3 is 4.74 Å². The summed E-state index contributed by atoms with van der Waals surface area (Å²) in [5.41, 5.74) is -2.91. The Hall–Kier alpha value is -1.73. The third-order valence-corrected chi connectivity index (χ3v) is 1.83. The number of hydrogen-bond donors (Lipinski definition) is 0. The largest absolute Gasteiger partial charge is 0.549 e. The first-order valence-electron chi connectivity index (χ1n) is 4.33. The minimum atomic E-state index is -2.91. The fourth-order valence-corrected chi connectivity index (χ4v) is 0.662. The molecule has 0 rings (SSSR count). The maximum Gasteiger partial charge on any atom is 0.549 e. The highest BCUT2D eigenvalue weighted by Gasteiger charge is 2.61. The van der Waals surface area contributed by atoms with Crippen molar-refractivity contribution in [3.63, 3.8) is 0 Å². The summed E-state index contributed by atoms with van der Waals surface area (Å²) in [6.45, 7) is 2.39. The molecular formula is C7H12N2O6. The molecule has 0 N–H and O–H groups in total. The molecule has 0 aliphatic heterocycles. The van der Waals surface area contributed by atoms with Crippen molar-refractivity contribution < 1.29 is 19.4 Å². The molecule has 0 spiro atoms. The molecule has 0 heterocycles. The van der Waals surface area contributed by atoms with Crippen LogP contribution in [0, 0.1) is 20.2 Å². The molecule has 8 nitrogen and oxygen atoms in total. The Labute approximate surface area is 85.5 Å². The Morgan fingerprint density at radius 2 is 1.80 bits per heavy atom. The summed E-state index contributed by atoms with van der Waals surface area (Å²) < 4.78 is 4.45. The number of esters is 1. The standard InChI is InChI=1S/C7H12N2O6/c1-3-4-5-15-6(10)7(2,8(11)12)9(13)14/h3-5H2,1-2H3.